The van der Waals surface area contributed by atoms with Crippen molar-refractivity contribution in [3.63, 3.8) is 0 Å². The number of anilines is 3. The molecule has 182 valence electrons. The van der Waals surface area contributed by atoms with E-state index in [1.807, 2.05) is 18.7 Å². The van der Waals surface area contributed by atoms with Gasteiger partial charge in [-0.1, -0.05) is 13.8 Å². The number of benzene rings is 2. The summed E-state index contributed by atoms with van der Waals surface area (Å²) in [5.74, 6) is -1.44. The highest BCUT2D eigenvalue weighted by Crippen LogP contribution is 2.40. The maximum Gasteiger partial charge on any atom is 0.257 e. The van der Waals surface area contributed by atoms with Gasteiger partial charge in [-0.2, -0.15) is 0 Å². The van der Waals surface area contributed by atoms with Crippen molar-refractivity contribution in [1.82, 2.24) is 4.31 Å². The number of nitrogens with one attached hydrogen (secondary N) is 2. The number of carbonyl (C=O) groups is 2. The molecule has 0 bridgehead atoms. The first-order chi connectivity index (χ1) is 15.9. The highest BCUT2D eigenvalue weighted by atomic mass is 32.2. The molecule has 2 aliphatic rings. The van der Waals surface area contributed by atoms with Gasteiger partial charge in [0.1, 0.15) is 5.82 Å². The lowest BCUT2D eigenvalue weighted by atomic mass is 9.77. The molecule has 10 heteroatoms. The van der Waals surface area contributed by atoms with E-state index in [0.717, 1.165) is 36.3 Å². The molecule has 2 aromatic carbocycles. The zero-order chi connectivity index (χ0) is 24.8. The van der Waals surface area contributed by atoms with E-state index in [1.54, 1.807) is 12.1 Å². The predicted octanol–water partition coefficient (Wildman–Crippen LogP) is 3.55. The average molecular weight is 489 g/mol. The number of hydrogen-bond donors (Lipinski definition) is 2. The van der Waals surface area contributed by atoms with Crippen molar-refractivity contribution in [2.24, 2.45) is 0 Å². The second-order valence-corrected chi connectivity index (χ2v) is 11.8. The van der Waals surface area contributed by atoms with Crippen molar-refractivity contribution in [3.05, 3.63) is 47.3 Å². The predicted molar refractivity (Wildman–Crippen MR) is 129 cm³/mol. The lowest BCUT2D eigenvalue weighted by Crippen LogP contribution is -2.33. The van der Waals surface area contributed by atoms with Crippen molar-refractivity contribution >= 4 is 38.9 Å². The standard InChI is InChI=1S/C24H29FN4O4S/c1-24(2)14-21(30)27-22-18(24)11-15(12-19(22)25)26-23(31)17-13-16(34(32,33)28(3)4)7-8-20(17)29-9-5-6-10-29/h7-8,11-13H,5-6,9-10,14H2,1-4H3,(H,26,31)(H,27,30). The molecule has 2 heterocycles. The van der Waals surface area contributed by atoms with Crippen LogP contribution in [0.25, 0.3) is 0 Å². The molecule has 1 fully saturated rings. The second-order valence-electron chi connectivity index (χ2n) is 9.60. The number of sulfonamides is 1. The molecule has 2 N–H and O–H groups in total. The summed E-state index contributed by atoms with van der Waals surface area (Å²) in [5, 5.41) is 5.32. The largest absolute Gasteiger partial charge is 0.371 e. The molecule has 0 radical (unpaired) electrons. The summed E-state index contributed by atoms with van der Waals surface area (Å²) in [6.45, 7) is 5.22. The fourth-order valence-corrected chi connectivity index (χ4v) is 5.45. The van der Waals surface area contributed by atoms with E-state index < -0.39 is 27.2 Å². The van der Waals surface area contributed by atoms with Crippen LogP contribution in [0.3, 0.4) is 0 Å². The summed E-state index contributed by atoms with van der Waals surface area (Å²) in [6.07, 6.45) is 2.16. The first-order valence-corrected chi connectivity index (χ1v) is 12.6. The van der Waals surface area contributed by atoms with Crippen molar-refractivity contribution in [2.45, 2.75) is 43.4 Å². The van der Waals surface area contributed by atoms with Crippen LogP contribution in [0.2, 0.25) is 0 Å². The number of carbonyl (C=O) groups excluding carboxylic acids is 2. The summed E-state index contributed by atoms with van der Waals surface area (Å²) < 4.78 is 41.4. The molecule has 1 saturated heterocycles. The summed E-state index contributed by atoms with van der Waals surface area (Å²) in [4.78, 5) is 27.4. The van der Waals surface area contributed by atoms with Gasteiger partial charge in [0.25, 0.3) is 5.91 Å². The topological polar surface area (TPSA) is 98.8 Å². The molecule has 0 aliphatic carbocycles. The Balaban J connectivity index is 1.74. The fourth-order valence-electron chi connectivity index (χ4n) is 4.52. The lowest BCUT2D eigenvalue weighted by molar-refractivity contribution is -0.117. The van der Waals surface area contributed by atoms with Gasteiger partial charge in [-0.25, -0.2) is 17.1 Å². The number of rotatable bonds is 5. The van der Waals surface area contributed by atoms with Crippen LogP contribution in [-0.2, 0) is 20.2 Å². The first kappa shape index (κ1) is 24.2. The van der Waals surface area contributed by atoms with Gasteiger partial charge >= 0.3 is 0 Å². The third-order valence-corrected chi connectivity index (χ3v) is 8.19. The maximum absolute atomic E-state index is 14.9. The van der Waals surface area contributed by atoms with Gasteiger partial charge in [-0.05, 0) is 48.7 Å². The highest BCUT2D eigenvalue weighted by molar-refractivity contribution is 7.89. The molecule has 4 rings (SSSR count). The number of fused-ring (bicyclic) bond motifs is 1. The van der Waals surface area contributed by atoms with Crippen LogP contribution in [0, 0.1) is 5.82 Å². The summed E-state index contributed by atoms with van der Waals surface area (Å²) in [6, 6.07) is 7.35. The van der Waals surface area contributed by atoms with E-state index in [4.69, 9.17) is 0 Å². The zero-order valence-corrected chi connectivity index (χ0v) is 20.6. The van der Waals surface area contributed by atoms with E-state index in [-0.39, 0.29) is 34.2 Å². The zero-order valence-electron chi connectivity index (χ0n) is 19.7. The molecular weight excluding hydrogens is 459 g/mol. The van der Waals surface area contributed by atoms with Crippen LogP contribution in [0.1, 0.15) is 49.0 Å². The van der Waals surface area contributed by atoms with Crippen LogP contribution in [0.5, 0.6) is 0 Å². The van der Waals surface area contributed by atoms with E-state index in [0.29, 0.717) is 11.3 Å². The Bertz CT molecular complexity index is 1270. The Hall–Kier alpha value is -2.98. The van der Waals surface area contributed by atoms with Gasteiger partial charge in [0, 0.05) is 50.4 Å². The molecule has 0 atom stereocenters. The Morgan fingerprint density at radius 3 is 2.47 bits per heavy atom. The molecule has 8 nitrogen and oxygen atoms in total. The van der Waals surface area contributed by atoms with Crippen LogP contribution in [0.4, 0.5) is 21.5 Å². The van der Waals surface area contributed by atoms with Crippen LogP contribution in [-0.4, -0.2) is 51.7 Å². The summed E-state index contributed by atoms with van der Waals surface area (Å²) in [7, 11) is -0.890. The van der Waals surface area contributed by atoms with E-state index in [2.05, 4.69) is 10.6 Å². The number of halogens is 1. The van der Waals surface area contributed by atoms with Gasteiger partial charge in [0.2, 0.25) is 15.9 Å². The fraction of sp³-hybridized carbons (Fsp3) is 0.417. The van der Waals surface area contributed by atoms with Crippen molar-refractivity contribution < 1.29 is 22.4 Å². The van der Waals surface area contributed by atoms with Gasteiger partial charge in [0.15, 0.2) is 0 Å². The minimum absolute atomic E-state index is 0.00561. The Kier molecular flexibility index (Phi) is 6.15. The normalized spacial score (nSPS) is 17.5. The Morgan fingerprint density at radius 1 is 1.15 bits per heavy atom. The molecular formula is C24H29FN4O4S. The second kappa shape index (κ2) is 8.66. The Morgan fingerprint density at radius 2 is 1.82 bits per heavy atom. The van der Waals surface area contributed by atoms with Gasteiger partial charge in [-0.15, -0.1) is 0 Å². The van der Waals surface area contributed by atoms with Crippen LogP contribution < -0.4 is 15.5 Å². The number of amides is 2. The van der Waals surface area contributed by atoms with Crippen LogP contribution >= 0.6 is 0 Å². The molecule has 0 unspecified atom stereocenters. The molecule has 0 spiro atoms. The number of nitrogens with zero attached hydrogens (tertiary/aromatic N) is 2. The molecule has 2 aliphatic heterocycles. The minimum Gasteiger partial charge on any atom is -0.371 e. The minimum atomic E-state index is -3.75. The van der Waals surface area contributed by atoms with E-state index in [1.165, 1.54) is 26.2 Å². The average Bonchev–Trinajstić information content (AvgIpc) is 3.28. The maximum atomic E-state index is 14.9. The van der Waals surface area contributed by atoms with Crippen molar-refractivity contribution in [1.29, 1.82) is 0 Å². The summed E-state index contributed by atoms with van der Waals surface area (Å²) >= 11 is 0. The third kappa shape index (κ3) is 4.39. The van der Waals surface area contributed by atoms with Crippen molar-refractivity contribution in [3.8, 4) is 0 Å². The number of hydrogen-bond acceptors (Lipinski definition) is 5. The first-order valence-electron chi connectivity index (χ1n) is 11.2. The van der Waals surface area contributed by atoms with Crippen LogP contribution in [0.15, 0.2) is 35.2 Å². The van der Waals surface area contributed by atoms with Gasteiger partial charge in [-0.3, -0.25) is 9.59 Å². The Labute approximate surface area is 199 Å². The molecule has 0 saturated carbocycles. The summed E-state index contributed by atoms with van der Waals surface area (Å²) in [5.41, 5.74) is 1.18. The van der Waals surface area contributed by atoms with E-state index in [9.17, 15) is 22.4 Å². The van der Waals surface area contributed by atoms with E-state index >= 15 is 0 Å². The van der Waals surface area contributed by atoms with Gasteiger partial charge < -0.3 is 15.5 Å². The highest BCUT2D eigenvalue weighted by Gasteiger charge is 2.34. The SMILES string of the molecule is CN(C)S(=O)(=O)c1ccc(N2CCCC2)c(C(=O)Nc2cc(F)c3c(c2)C(C)(C)CC(=O)N3)c1. The van der Waals surface area contributed by atoms with Gasteiger partial charge in [0.05, 0.1) is 16.1 Å². The lowest BCUT2D eigenvalue weighted by Gasteiger charge is -2.32. The smallest absolute Gasteiger partial charge is 0.257 e. The molecule has 2 amide bonds. The third-order valence-electron chi connectivity index (χ3n) is 6.38. The molecule has 2 aromatic rings. The van der Waals surface area contributed by atoms with Crippen molar-refractivity contribution in [2.75, 3.05) is 42.7 Å². The monoisotopic (exact) mass is 488 g/mol. The molecule has 0 aromatic heterocycles. The quantitative estimate of drug-likeness (QED) is 0.671. The molecule has 34 heavy (non-hydrogen) atoms.